The van der Waals surface area contributed by atoms with E-state index in [4.69, 9.17) is 16.3 Å². The lowest BCUT2D eigenvalue weighted by molar-refractivity contribution is -0.907. The van der Waals surface area contributed by atoms with Crippen LogP contribution < -0.4 is 10.2 Å². The molecule has 2 rings (SSSR count). The van der Waals surface area contributed by atoms with Crippen LogP contribution in [0.1, 0.15) is 13.8 Å². The average Bonchev–Trinajstić information content (AvgIpc) is 2.30. The van der Waals surface area contributed by atoms with E-state index in [0.29, 0.717) is 17.3 Å². The highest BCUT2D eigenvalue weighted by Gasteiger charge is 2.27. The largest absolute Gasteiger partial charge is 0.364 e. The fourth-order valence-corrected chi connectivity index (χ4v) is 2.70. The van der Waals surface area contributed by atoms with Crippen LogP contribution in [0, 0.1) is 0 Å². The number of carbonyl (C=O) groups excluding carboxylic acids is 1. The molecular weight excluding hydrogens is 264 g/mol. The van der Waals surface area contributed by atoms with Gasteiger partial charge in [-0.15, -0.1) is 0 Å². The summed E-state index contributed by atoms with van der Waals surface area (Å²) in [4.78, 5) is 13.3. The van der Waals surface area contributed by atoms with Crippen LogP contribution in [0.4, 0.5) is 5.69 Å². The molecule has 0 aliphatic carbocycles. The molecule has 1 aliphatic rings. The molecule has 0 unspecified atom stereocenters. The Morgan fingerprint density at radius 2 is 2.00 bits per heavy atom. The first-order valence-electron chi connectivity index (χ1n) is 6.58. The molecule has 4 nitrogen and oxygen atoms in total. The first-order chi connectivity index (χ1) is 9.04. The highest BCUT2D eigenvalue weighted by Crippen LogP contribution is 2.19. The van der Waals surface area contributed by atoms with Crippen LogP contribution in [0.2, 0.25) is 5.02 Å². The van der Waals surface area contributed by atoms with E-state index in [0.717, 1.165) is 13.1 Å². The van der Waals surface area contributed by atoms with Gasteiger partial charge in [-0.3, -0.25) is 4.79 Å². The summed E-state index contributed by atoms with van der Waals surface area (Å²) < 4.78 is 5.66. The first kappa shape index (κ1) is 14.3. The molecule has 0 saturated carbocycles. The Bertz CT molecular complexity index is 443. The number of carbonyl (C=O) groups is 1. The number of halogens is 1. The lowest BCUT2D eigenvalue weighted by Gasteiger charge is -2.31. The number of ether oxygens (including phenoxy) is 1. The van der Waals surface area contributed by atoms with Gasteiger partial charge < -0.3 is 15.0 Å². The molecule has 2 N–H and O–H groups in total. The number of nitrogens with one attached hydrogen (secondary N) is 2. The number of hydrogen-bond acceptors (Lipinski definition) is 2. The van der Waals surface area contributed by atoms with E-state index in [2.05, 4.69) is 5.32 Å². The zero-order valence-corrected chi connectivity index (χ0v) is 12.0. The van der Waals surface area contributed by atoms with Crippen molar-refractivity contribution in [3.63, 3.8) is 0 Å². The second-order valence-electron chi connectivity index (χ2n) is 5.12. The van der Waals surface area contributed by atoms with Crippen LogP contribution >= 0.6 is 11.6 Å². The molecule has 1 heterocycles. The van der Waals surface area contributed by atoms with Crippen LogP contribution in [0.15, 0.2) is 24.3 Å². The SMILES string of the molecule is C[C@@H]1C[NH+](CC(=O)Nc2ccccc2Cl)C[C@@H](C)O1. The minimum Gasteiger partial charge on any atom is -0.364 e. The number of hydrogen-bond donors (Lipinski definition) is 2. The molecule has 19 heavy (non-hydrogen) atoms. The van der Waals surface area contributed by atoms with Crippen molar-refractivity contribution < 1.29 is 14.4 Å². The molecule has 0 radical (unpaired) electrons. The summed E-state index contributed by atoms with van der Waals surface area (Å²) in [6.45, 7) is 6.26. The third-order valence-corrected chi connectivity index (χ3v) is 3.50. The van der Waals surface area contributed by atoms with Crippen molar-refractivity contribution in [2.24, 2.45) is 0 Å². The first-order valence-corrected chi connectivity index (χ1v) is 6.96. The Balaban J connectivity index is 1.89. The molecule has 104 valence electrons. The van der Waals surface area contributed by atoms with Gasteiger partial charge in [-0.1, -0.05) is 23.7 Å². The van der Waals surface area contributed by atoms with Crippen molar-refractivity contribution in [3.05, 3.63) is 29.3 Å². The fourth-order valence-electron chi connectivity index (χ4n) is 2.52. The summed E-state index contributed by atoms with van der Waals surface area (Å²) in [6, 6.07) is 7.27. The molecule has 1 amide bonds. The minimum atomic E-state index is -0.00981. The van der Waals surface area contributed by atoms with E-state index in [1.165, 1.54) is 4.90 Å². The maximum absolute atomic E-state index is 12.0. The van der Waals surface area contributed by atoms with E-state index in [9.17, 15) is 4.79 Å². The molecule has 1 aromatic rings. The summed E-state index contributed by atoms with van der Waals surface area (Å²) >= 11 is 6.02. The van der Waals surface area contributed by atoms with Gasteiger partial charge in [-0.05, 0) is 26.0 Å². The zero-order chi connectivity index (χ0) is 13.8. The van der Waals surface area contributed by atoms with Crippen molar-refractivity contribution in [3.8, 4) is 0 Å². The summed E-state index contributed by atoms with van der Waals surface area (Å²) in [6.07, 6.45) is 0.402. The Morgan fingerprint density at radius 3 is 2.63 bits per heavy atom. The van der Waals surface area contributed by atoms with Crippen molar-refractivity contribution in [2.45, 2.75) is 26.1 Å². The monoisotopic (exact) mass is 283 g/mol. The smallest absolute Gasteiger partial charge is 0.279 e. The molecule has 0 spiro atoms. The van der Waals surface area contributed by atoms with E-state index in [1.807, 2.05) is 26.0 Å². The summed E-state index contributed by atoms with van der Waals surface area (Å²) in [7, 11) is 0. The molecular formula is C14H20ClN2O2+. The Kier molecular flexibility index (Phi) is 4.80. The number of rotatable bonds is 3. The number of benzene rings is 1. The second-order valence-corrected chi connectivity index (χ2v) is 5.53. The van der Waals surface area contributed by atoms with Gasteiger partial charge in [0, 0.05) is 0 Å². The zero-order valence-electron chi connectivity index (χ0n) is 11.3. The van der Waals surface area contributed by atoms with Crippen molar-refractivity contribution in [2.75, 3.05) is 25.0 Å². The molecule has 0 bridgehead atoms. The van der Waals surface area contributed by atoms with Crippen molar-refractivity contribution in [1.82, 2.24) is 0 Å². The maximum atomic E-state index is 12.0. The van der Waals surface area contributed by atoms with Gasteiger partial charge in [0.15, 0.2) is 6.54 Å². The number of para-hydroxylation sites is 1. The number of quaternary nitrogens is 1. The molecule has 1 aliphatic heterocycles. The number of amides is 1. The van der Waals surface area contributed by atoms with Gasteiger partial charge in [0.25, 0.3) is 5.91 Å². The van der Waals surface area contributed by atoms with Gasteiger partial charge in [-0.25, -0.2) is 0 Å². The van der Waals surface area contributed by atoms with Crippen LogP contribution in [-0.4, -0.2) is 37.7 Å². The predicted molar refractivity (Wildman–Crippen MR) is 75.7 cm³/mol. The summed E-state index contributed by atoms with van der Waals surface area (Å²) in [5.41, 5.74) is 0.669. The van der Waals surface area contributed by atoms with Gasteiger partial charge in [0.05, 0.1) is 10.7 Å². The molecule has 1 aromatic carbocycles. The summed E-state index contributed by atoms with van der Waals surface area (Å²) in [5, 5.41) is 3.42. The molecule has 1 saturated heterocycles. The van der Waals surface area contributed by atoms with E-state index in [-0.39, 0.29) is 18.1 Å². The highest BCUT2D eigenvalue weighted by molar-refractivity contribution is 6.33. The Morgan fingerprint density at radius 1 is 1.37 bits per heavy atom. The second kappa shape index (κ2) is 6.37. The quantitative estimate of drug-likeness (QED) is 0.868. The highest BCUT2D eigenvalue weighted by atomic mass is 35.5. The summed E-state index contributed by atoms with van der Waals surface area (Å²) in [5.74, 6) is -0.00981. The molecule has 5 heteroatoms. The lowest BCUT2D eigenvalue weighted by Crippen LogP contribution is -3.16. The van der Waals surface area contributed by atoms with Gasteiger partial charge in [0.2, 0.25) is 0 Å². The van der Waals surface area contributed by atoms with E-state index < -0.39 is 0 Å². The molecule has 1 fully saturated rings. The van der Waals surface area contributed by atoms with Crippen LogP contribution in [0.25, 0.3) is 0 Å². The number of anilines is 1. The van der Waals surface area contributed by atoms with Gasteiger partial charge in [0.1, 0.15) is 25.3 Å². The van der Waals surface area contributed by atoms with Crippen LogP contribution in [0.5, 0.6) is 0 Å². The predicted octanol–water partition coefficient (Wildman–Crippen LogP) is 0.971. The third kappa shape index (κ3) is 4.20. The van der Waals surface area contributed by atoms with Gasteiger partial charge >= 0.3 is 0 Å². The lowest BCUT2D eigenvalue weighted by atomic mass is 10.2. The molecule has 2 atom stereocenters. The normalized spacial score (nSPS) is 27.0. The Hall–Kier alpha value is -1.10. The third-order valence-electron chi connectivity index (χ3n) is 3.18. The molecule has 0 aromatic heterocycles. The minimum absolute atomic E-state index is 0.00981. The Labute approximate surface area is 118 Å². The van der Waals surface area contributed by atoms with Crippen molar-refractivity contribution in [1.29, 1.82) is 0 Å². The number of morpholine rings is 1. The van der Waals surface area contributed by atoms with Gasteiger partial charge in [-0.2, -0.15) is 0 Å². The van der Waals surface area contributed by atoms with E-state index in [1.54, 1.807) is 12.1 Å². The topological polar surface area (TPSA) is 42.8 Å². The van der Waals surface area contributed by atoms with Crippen molar-refractivity contribution >= 4 is 23.2 Å². The maximum Gasteiger partial charge on any atom is 0.279 e. The standard InChI is InChI=1S/C14H19ClN2O2/c1-10-7-17(8-11(2)19-10)9-14(18)16-13-6-4-3-5-12(13)15/h3-6,10-11H,7-9H2,1-2H3,(H,16,18)/p+1/t10-,11-/m1/s1. The average molecular weight is 284 g/mol. The van der Waals surface area contributed by atoms with E-state index >= 15 is 0 Å². The van der Waals surface area contributed by atoms with Crippen LogP contribution in [0.3, 0.4) is 0 Å². The van der Waals surface area contributed by atoms with Crippen LogP contribution in [-0.2, 0) is 9.53 Å². The fraction of sp³-hybridized carbons (Fsp3) is 0.500.